The fraction of sp³-hybridized carbons (Fsp3) is 0.750. The Labute approximate surface area is 102 Å². The first kappa shape index (κ1) is 14.2. The molecule has 5 nitrogen and oxygen atoms in total. The zero-order valence-corrected chi connectivity index (χ0v) is 10.1. The van der Waals surface area contributed by atoms with Crippen molar-refractivity contribution >= 4 is 5.97 Å². The van der Waals surface area contributed by atoms with E-state index in [1.54, 1.807) is 0 Å². The van der Waals surface area contributed by atoms with E-state index in [2.05, 4.69) is 6.58 Å². The molecule has 1 saturated heterocycles. The van der Waals surface area contributed by atoms with Crippen molar-refractivity contribution in [1.29, 1.82) is 0 Å². The third kappa shape index (κ3) is 7.10. The lowest BCUT2D eigenvalue weighted by atomic mass is 10.2. The highest BCUT2D eigenvalue weighted by Crippen LogP contribution is 2.11. The average Bonchev–Trinajstić information content (AvgIpc) is 2.85. The number of esters is 1. The molecule has 0 aromatic carbocycles. The summed E-state index contributed by atoms with van der Waals surface area (Å²) in [5, 5.41) is 0. The fourth-order valence-electron chi connectivity index (χ4n) is 1.47. The molecule has 0 aliphatic carbocycles. The summed E-state index contributed by atoms with van der Waals surface area (Å²) in [6.45, 7) is 6.43. The van der Waals surface area contributed by atoms with Crippen molar-refractivity contribution < 1.29 is 23.7 Å². The van der Waals surface area contributed by atoms with Gasteiger partial charge in [-0.05, 0) is 12.8 Å². The minimum Gasteiger partial charge on any atom is -0.460 e. The molecule has 98 valence electrons. The van der Waals surface area contributed by atoms with Gasteiger partial charge < -0.3 is 18.9 Å². The van der Waals surface area contributed by atoms with E-state index in [9.17, 15) is 4.79 Å². The summed E-state index contributed by atoms with van der Waals surface area (Å²) >= 11 is 0. The van der Waals surface area contributed by atoms with E-state index in [4.69, 9.17) is 18.9 Å². The van der Waals surface area contributed by atoms with Crippen LogP contribution in [0.4, 0.5) is 0 Å². The monoisotopic (exact) mass is 244 g/mol. The van der Waals surface area contributed by atoms with Crippen LogP contribution in [0, 0.1) is 0 Å². The molecule has 1 heterocycles. The molecule has 1 fully saturated rings. The van der Waals surface area contributed by atoms with Gasteiger partial charge in [0.2, 0.25) is 0 Å². The highest BCUT2D eigenvalue weighted by Gasteiger charge is 2.14. The van der Waals surface area contributed by atoms with E-state index in [0.29, 0.717) is 26.4 Å². The maximum absolute atomic E-state index is 10.7. The summed E-state index contributed by atoms with van der Waals surface area (Å²) in [4.78, 5) is 10.7. The van der Waals surface area contributed by atoms with Gasteiger partial charge in [-0.1, -0.05) is 6.58 Å². The molecule has 1 atom stereocenters. The van der Waals surface area contributed by atoms with E-state index in [0.717, 1.165) is 25.5 Å². The van der Waals surface area contributed by atoms with Crippen LogP contribution in [0.15, 0.2) is 12.7 Å². The van der Waals surface area contributed by atoms with Crippen LogP contribution in [-0.4, -0.2) is 51.7 Å². The number of hydrogen-bond donors (Lipinski definition) is 0. The second-order valence-corrected chi connectivity index (χ2v) is 3.69. The van der Waals surface area contributed by atoms with Crippen LogP contribution in [0.5, 0.6) is 0 Å². The lowest BCUT2D eigenvalue weighted by Crippen LogP contribution is -2.17. The largest absolute Gasteiger partial charge is 0.460 e. The van der Waals surface area contributed by atoms with Gasteiger partial charge >= 0.3 is 5.97 Å². The second-order valence-electron chi connectivity index (χ2n) is 3.69. The maximum atomic E-state index is 10.7. The van der Waals surface area contributed by atoms with Crippen LogP contribution in [-0.2, 0) is 23.7 Å². The Morgan fingerprint density at radius 1 is 1.29 bits per heavy atom. The van der Waals surface area contributed by atoms with Crippen LogP contribution < -0.4 is 0 Å². The molecule has 0 bridgehead atoms. The predicted octanol–water partition coefficient (Wildman–Crippen LogP) is 0.928. The van der Waals surface area contributed by atoms with Gasteiger partial charge in [0.25, 0.3) is 0 Å². The van der Waals surface area contributed by atoms with Gasteiger partial charge in [0.1, 0.15) is 6.61 Å². The van der Waals surface area contributed by atoms with Crippen LogP contribution >= 0.6 is 0 Å². The summed E-state index contributed by atoms with van der Waals surface area (Å²) in [5.41, 5.74) is 0. The molecule has 0 spiro atoms. The summed E-state index contributed by atoms with van der Waals surface area (Å²) in [6, 6.07) is 0. The molecule has 0 amide bonds. The highest BCUT2D eigenvalue weighted by atomic mass is 16.6. The van der Waals surface area contributed by atoms with Crippen molar-refractivity contribution in [3.05, 3.63) is 12.7 Å². The zero-order chi connectivity index (χ0) is 12.3. The Balaban J connectivity index is 1.78. The zero-order valence-electron chi connectivity index (χ0n) is 10.1. The number of rotatable bonds is 9. The number of ether oxygens (including phenoxy) is 4. The van der Waals surface area contributed by atoms with E-state index in [1.165, 1.54) is 0 Å². The standard InChI is InChI=1S/C12H20O5/c1-2-12(13)17-9-8-14-6-7-15-10-11-4-3-5-16-11/h2,11H,1,3-10H2. The molecule has 0 aromatic rings. The molecule has 0 N–H and O–H groups in total. The van der Waals surface area contributed by atoms with Crippen LogP contribution in [0.25, 0.3) is 0 Å². The lowest BCUT2D eigenvalue weighted by Gasteiger charge is -2.10. The average molecular weight is 244 g/mol. The van der Waals surface area contributed by atoms with Gasteiger partial charge in [-0.15, -0.1) is 0 Å². The highest BCUT2D eigenvalue weighted by molar-refractivity contribution is 5.81. The topological polar surface area (TPSA) is 54.0 Å². The first-order valence-electron chi connectivity index (χ1n) is 5.89. The molecular formula is C12H20O5. The molecule has 17 heavy (non-hydrogen) atoms. The van der Waals surface area contributed by atoms with E-state index in [-0.39, 0.29) is 12.7 Å². The Hall–Kier alpha value is -0.910. The smallest absolute Gasteiger partial charge is 0.330 e. The van der Waals surface area contributed by atoms with Gasteiger partial charge in [-0.25, -0.2) is 4.79 Å². The predicted molar refractivity (Wildman–Crippen MR) is 61.8 cm³/mol. The van der Waals surface area contributed by atoms with Crippen LogP contribution in [0.2, 0.25) is 0 Å². The Bertz CT molecular complexity index is 223. The van der Waals surface area contributed by atoms with Gasteiger partial charge in [0.15, 0.2) is 0 Å². The Kier molecular flexibility index (Phi) is 7.62. The van der Waals surface area contributed by atoms with Crippen molar-refractivity contribution in [1.82, 2.24) is 0 Å². The molecule has 1 unspecified atom stereocenters. The van der Waals surface area contributed by atoms with Gasteiger partial charge in [-0.3, -0.25) is 0 Å². The Morgan fingerprint density at radius 3 is 2.76 bits per heavy atom. The van der Waals surface area contributed by atoms with Crippen molar-refractivity contribution in [3.63, 3.8) is 0 Å². The number of hydrogen-bond acceptors (Lipinski definition) is 5. The third-order valence-corrected chi connectivity index (χ3v) is 2.34. The summed E-state index contributed by atoms with van der Waals surface area (Å²) in [6.07, 6.45) is 3.59. The van der Waals surface area contributed by atoms with E-state index < -0.39 is 5.97 Å². The Morgan fingerprint density at radius 2 is 2.06 bits per heavy atom. The van der Waals surface area contributed by atoms with Crippen molar-refractivity contribution in [3.8, 4) is 0 Å². The maximum Gasteiger partial charge on any atom is 0.330 e. The molecule has 0 aromatic heterocycles. The summed E-state index contributed by atoms with van der Waals surface area (Å²) in [7, 11) is 0. The first-order chi connectivity index (χ1) is 8.33. The SMILES string of the molecule is C=CC(=O)OCCOCCOCC1CCCO1. The van der Waals surface area contributed by atoms with Gasteiger partial charge in [0.05, 0.1) is 32.5 Å². The normalized spacial score (nSPS) is 19.2. The van der Waals surface area contributed by atoms with Crippen molar-refractivity contribution in [2.75, 3.05) is 39.6 Å². The molecule has 1 aliphatic rings. The molecule has 0 radical (unpaired) electrons. The molecule has 1 aliphatic heterocycles. The summed E-state index contributed by atoms with van der Waals surface area (Å²) in [5.74, 6) is -0.428. The molecule has 1 rings (SSSR count). The molecule has 5 heteroatoms. The van der Waals surface area contributed by atoms with Gasteiger partial charge in [0, 0.05) is 12.7 Å². The fourth-order valence-corrected chi connectivity index (χ4v) is 1.47. The van der Waals surface area contributed by atoms with E-state index >= 15 is 0 Å². The van der Waals surface area contributed by atoms with Crippen LogP contribution in [0.3, 0.4) is 0 Å². The first-order valence-corrected chi connectivity index (χ1v) is 5.89. The lowest BCUT2D eigenvalue weighted by molar-refractivity contribution is -0.139. The third-order valence-electron chi connectivity index (χ3n) is 2.34. The second kappa shape index (κ2) is 9.15. The number of carbonyl (C=O) groups is 1. The van der Waals surface area contributed by atoms with E-state index in [1.807, 2.05) is 0 Å². The van der Waals surface area contributed by atoms with Crippen LogP contribution in [0.1, 0.15) is 12.8 Å². The number of carbonyl (C=O) groups excluding carboxylic acids is 1. The molecular weight excluding hydrogens is 224 g/mol. The molecule has 0 saturated carbocycles. The van der Waals surface area contributed by atoms with Crippen molar-refractivity contribution in [2.24, 2.45) is 0 Å². The minimum absolute atomic E-state index is 0.247. The summed E-state index contributed by atoms with van der Waals surface area (Å²) < 4.78 is 20.7. The quantitative estimate of drug-likeness (QED) is 0.343. The van der Waals surface area contributed by atoms with Crippen molar-refractivity contribution in [2.45, 2.75) is 18.9 Å². The van der Waals surface area contributed by atoms with Gasteiger partial charge in [-0.2, -0.15) is 0 Å². The minimum atomic E-state index is -0.428.